The molecule has 0 aliphatic heterocycles. The van der Waals surface area contributed by atoms with Gasteiger partial charge in [0.05, 0.1) is 16.5 Å². The normalized spacial score (nSPS) is 13.9. The predicted octanol–water partition coefficient (Wildman–Crippen LogP) is 16.7. The molecule has 14 rings (SSSR count). The van der Waals surface area contributed by atoms with Gasteiger partial charge in [0.15, 0.2) is 0 Å². The number of rotatable bonds is 6. The molecular weight excluding hydrogens is 807 g/mol. The van der Waals surface area contributed by atoms with Gasteiger partial charge in [-0.1, -0.05) is 224 Å². The van der Waals surface area contributed by atoms with Crippen molar-refractivity contribution < 1.29 is 0 Å². The molecule has 0 heterocycles. The van der Waals surface area contributed by atoms with Crippen LogP contribution in [0.3, 0.4) is 0 Å². The summed E-state index contributed by atoms with van der Waals surface area (Å²) in [6.07, 6.45) is 0. The molecule has 1 heteroatoms. The molecule has 0 fully saturated rings. The van der Waals surface area contributed by atoms with Crippen molar-refractivity contribution in [1.82, 2.24) is 0 Å². The van der Waals surface area contributed by atoms with Gasteiger partial charge in [0.2, 0.25) is 0 Å². The monoisotopic (exact) mass is 849 g/mol. The largest absolute Gasteiger partial charge is 0.310 e. The van der Waals surface area contributed by atoms with Gasteiger partial charge in [-0.25, -0.2) is 0 Å². The molecule has 312 valence electrons. The Labute approximate surface area is 391 Å². The highest BCUT2D eigenvalue weighted by Crippen LogP contribution is 2.65. The maximum atomic E-state index is 2.55. The minimum atomic E-state index is -0.642. The number of hydrogen-bond acceptors (Lipinski definition) is 1. The quantitative estimate of drug-likeness (QED) is 0.161. The zero-order valence-electron chi connectivity index (χ0n) is 36.8. The predicted molar refractivity (Wildman–Crippen MR) is 278 cm³/mol. The van der Waals surface area contributed by atoms with Gasteiger partial charge in [-0.3, -0.25) is 0 Å². The van der Waals surface area contributed by atoms with Crippen LogP contribution >= 0.6 is 0 Å². The highest BCUT2D eigenvalue weighted by atomic mass is 15.1. The second-order valence-electron chi connectivity index (χ2n) is 18.3. The van der Waals surface area contributed by atoms with Crippen LogP contribution in [-0.4, -0.2) is 0 Å². The fourth-order valence-electron chi connectivity index (χ4n) is 12.6. The summed E-state index contributed by atoms with van der Waals surface area (Å²) in [6, 6.07) is 97.7. The summed E-state index contributed by atoms with van der Waals surface area (Å²) in [4.78, 5) is 2.55. The lowest BCUT2D eigenvalue weighted by Gasteiger charge is -2.36. The average Bonchev–Trinajstić information content (AvgIpc) is 4.00. The third-order valence-corrected chi connectivity index (χ3v) is 15.1. The molecule has 0 N–H and O–H groups in total. The third-order valence-electron chi connectivity index (χ3n) is 15.1. The molecule has 1 nitrogen and oxygen atoms in total. The van der Waals surface area contributed by atoms with Gasteiger partial charge in [-0.05, 0) is 131 Å². The molecule has 0 amide bonds. The van der Waals surface area contributed by atoms with Crippen molar-refractivity contribution in [3.8, 4) is 44.5 Å². The van der Waals surface area contributed by atoms with E-state index in [4.69, 9.17) is 0 Å². The molecular formula is C66H43N. The van der Waals surface area contributed by atoms with Gasteiger partial charge < -0.3 is 4.90 Å². The molecule has 0 atom stereocenters. The van der Waals surface area contributed by atoms with E-state index in [1.165, 1.54) is 99.8 Å². The Bertz CT molecular complexity index is 3640. The maximum Gasteiger partial charge on any atom is 0.0726 e. The topological polar surface area (TPSA) is 3.24 Å². The van der Waals surface area contributed by atoms with Gasteiger partial charge in [0.25, 0.3) is 0 Å². The molecule has 3 aliphatic carbocycles. The molecule has 0 aromatic heterocycles. The molecule has 0 bridgehead atoms. The number of benzene rings is 11. The molecule has 11 aromatic rings. The zero-order chi connectivity index (χ0) is 44.1. The van der Waals surface area contributed by atoms with Gasteiger partial charge >= 0.3 is 0 Å². The van der Waals surface area contributed by atoms with Crippen LogP contribution in [0, 0.1) is 0 Å². The minimum Gasteiger partial charge on any atom is -0.310 e. The molecule has 11 aromatic carbocycles. The lowest BCUT2D eigenvalue weighted by atomic mass is 9.66. The van der Waals surface area contributed by atoms with Crippen LogP contribution in [0.15, 0.2) is 261 Å². The van der Waals surface area contributed by atoms with Crippen molar-refractivity contribution >= 4 is 27.8 Å². The Morgan fingerprint density at radius 3 is 1.37 bits per heavy atom. The molecule has 3 aliphatic rings. The van der Waals surface area contributed by atoms with Crippen LogP contribution in [0.4, 0.5) is 17.1 Å². The first kappa shape index (κ1) is 37.8. The van der Waals surface area contributed by atoms with Crippen molar-refractivity contribution in [2.24, 2.45) is 0 Å². The summed E-state index contributed by atoms with van der Waals surface area (Å²) in [5.74, 6) is 0. The molecule has 1 spiro atoms. The van der Waals surface area contributed by atoms with Crippen LogP contribution in [-0.2, 0) is 10.8 Å². The number of fused-ring (bicyclic) bond motifs is 15. The van der Waals surface area contributed by atoms with Crippen molar-refractivity contribution in [2.75, 3.05) is 4.90 Å². The van der Waals surface area contributed by atoms with Gasteiger partial charge in [0.1, 0.15) is 0 Å². The Morgan fingerprint density at radius 1 is 0.284 bits per heavy atom. The van der Waals surface area contributed by atoms with E-state index in [1.54, 1.807) is 0 Å². The smallest absolute Gasteiger partial charge is 0.0726 e. The summed E-state index contributed by atoms with van der Waals surface area (Å²) in [6.45, 7) is 0. The Morgan fingerprint density at radius 2 is 0.761 bits per heavy atom. The summed E-state index contributed by atoms with van der Waals surface area (Å²) >= 11 is 0. The average molecular weight is 850 g/mol. The Hall–Kier alpha value is -8.52. The SMILES string of the molecule is c1ccc(-c2ccc3c(c2)C(c2ccccc2)(c2ccccc2)c2c-3c(N(c3ccccc3)c3ccc4c(c3)C3(c5ccccc5-c5ccccc53)c3ccccc3-4)cc3ccccc23)cc1. The van der Waals surface area contributed by atoms with E-state index in [1.807, 2.05) is 0 Å². The second-order valence-corrected chi connectivity index (χ2v) is 18.3. The second kappa shape index (κ2) is 14.5. The first-order chi connectivity index (χ1) is 33.3. The number of nitrogens with zero attached hydrogens (tertiary/aromatic N) is 1. The van der Waals surface area contributed by atoms with Gasteiger partial charge in [-0.15, -0.1) is 0 Å². The van der Waals surface area contributed by atoms with Crippen molar-refractivity contribution in [3.05, 3.63) is 305 Å². The van der Waals surface area contributed by atoms with Crippen molar-refractivity contribution in [3.63, 3.8) is 0 Å². The lowest BCUT2D eigenvalue weighted by molar-refractivity contribution is 0.775. The van der Waals surface area contributed by atoms with E-state index in [0.29, 0.717) is 0 Å². The van der Waals surface area contributed by atoms with Crippen LogP contribution < -0.4 is 4.90 Å². The number of hydrogen-bond donors (Lipinski definition) is 0. The van der Waals surface area contributed by atoms with E-state index in [-0.39, 0.29) is 0 Å². The maximum absolute atomic E-state index is 2.55. The first-order valence-electron chi connectivity index (χ1n) is 23.4. The number of anilines is 3. The highest BCUT2D eigenvalue weighted by molar-refractivity contribution is 6.08. The third kappa shape index (κ3) is 5.14. The van der Waals surface area contributed by atoms with Crippen molar-refractivity contribution in [2.45, 2.75) is 10.8 Å². The van der Waals surface area contributed by atoms with Crippen LogP contribution in [0.25, 0.3) is 55.3 Å². The molecule has 0 radical (unpaired) electrons. The van der Waals surface area contributed by atoms with E-state index >= 15 is 0 Å². The lowest BCUT2D eigenvalue weighted by Crippen LogP contribution is -2.29. The number of para-hydroxylation sites is 1. The molecule has 0 unspecified atom stereocenters. The summed E-state index contributed by atoms with van der Waals surface area (Å²) < 4.78 is 0. The van der Waals surface area contributed by atoms with Gasteiger partial charge in [0, 0.05) is 16.9 Å². The van der Waals surface area contributed by atoms with E-state index < -0.39 is 10.8 Å². The van der Waals surface area contributed by atoms with E-state index in [2.05, 4.69) is 266 Å². The molecule has 67 heavy (non-hydrogen) atoms. The Kier molecular flexibility index (Phi) is 8.18. The summed E-state index contributed by atoms with van der Waals surface area (Å²) in [5, 5.41) is 2.45. The van der Waals surface area contributed by atoms with E-state index in [9.17, 15) is 0 Å². The van der Waals surface area contributed by atoms with Crippen LogP contribution in [0.5, 0.6) is 0 Å². The fraction of sp³-hybridized carbons (Fsp3) is 0.0303. The highest BCUT2D eigenvalue weighted by Gasteiger charge is 2.52. The minimum absolute atomic E-state index is 0.473. The first-order valence-corrected chi connectivity index (χ1v) is 23.4. The fourth-order valence-corrected chi connectivity index (χ4v) is 12.6. The van der Waals surface area contributed by atoms with Crippen molar-refractivity contribution in [1.29, 1.82) is 0 Å². The molecule has 0 saturated heterocycles. The van der Waals surface area contributed by atoms with Gasteiger partial charge in [-0.2, -0.15) is 0 Å². The molecule has 0 saturated carbocycles. The zero-order valence-corrected chi connectivity index (χ0v) is 36.8. The van der Waals surface area contributed by atoms with E-state index in [0.717, 1.165) is 17.1 Å². The summed E-state index contributed by atoms with van der Waals surface area (Å²) in [7, 11) is 0. The van der Waals surface area contributed by atoms with Crippen LogP contribution in [0.1, 0.15) is 44.5 Å². The van der Waals surface area contributed by atoms with Crippen LogP contribution in [0.2, 0.25) is 0 Å². The standard InChI is InChI=1S/C66H43N/c1-5-21-44(22-6-1)45-37-39-56-60(41-45)65(47-24-7-2-8-25-47,48-26-9-3-10-27-48)64-51-30-14-13-23-46(51)42-62(63(56)64)67(49-28-11-4-12-29-49)50-38-40-55-54-33-17-20-36-59(54)66(61(55)43-50)57-34-18-15-31-52(57)53-32-16-19-35-58(53)66/h1-43H. The Balaban J connectivity index is 1.11. The summed E-state index contributed by atoms with van der Waals surface area (Å²) in [5.41, 5.74) is 22.8.